The number of carbonyl (C=O) groups excluding carboxylic acids is 2. The monoisotopic (exact) mass is 414 g/mol. The maximum Gasteiger partial charge on any atom is 0.269 e. The molecular weight excluding hydrogens is 384 g/mol. The third kappa shape index (κ3) is 7.66. The predicted octanol–water partition coefficient (Wildman–Crippen LogP) is 3.80. The predicted molar refractivity (Wildman–Crippen MR) is 115 cm³/mol. The van der Waals surface area contributed by atoms with Crippen molar-refractivity contribution in [3.05, 3.63) is 53.6 Å². The second kappa shape index (κ2) is 12.4. The zero-order valence-electron chi connectivity index (χ0n) is 17.8. The van der Waals surface area contributed by atoms with Crippen LogP contribution in [0.5, 0.6) is 17.2 Å². The second-order valence-electron chi connectivity index (χ2n) is 6.84. The lowest BCUT2D eigenvalue weighted by atomic mass is 10.2. The number of hydrazine groups is 1. The van der Waals surface area contributed by atoms with Crippen LogP contribution in [0.1, 0.15) is 48.5 Å². The molecule has 0 atom stereocenters. The molecule has 0 spiro atoms. The van der Waals surface area contributed by atoms with Crippen molar-refractivity contribution < 1.29 is 23.8 Å². The molecule has 0 aromatic heterocycles. The van der Waals surface area contributed by atoms with E-state index < -0.39 is 5.91 Å². The summed E-state index contributed by atoms with van der Waals surface area (Å²) in [5.74, 6) is 1.11. The van der Waals surface area contributed by atoms with Gasteiger partial charge in [-0.25, -0.2) is 0 Å². The molecule has 0 aliphatic carbocycles. The van der Waals surface area contributed by atoms with Gasteiger partial charge in [-0.05, 0) is 55.7 Å². The molecule has 0 aliphatic rings. The lowest BCUT2D eigenvalue weighted by Crippen LogP contribution is -2.41. The molecule has 2 amide bonds. The average Bonchev–Trinajstić information content (AvgIpc) is 2.75. The number of aryl methyl sites for hydroxylation is 1. The first-order valence-corrected chi connectivity index (χ1v) is 10.1. The van der Waals surface area contributed by atoms with Crippen LogP contribution in [0.3, 0.4) is 0 Å². The van der Waals surface area contributed by atoms with Crippen LogP contribution in [0.2, 0.25) is 0 Å². The topological polar surface area (TPSA) is 85.9 Å². The normalized spacial score (nSPS) is 10.2. The van der Waals surface area contributed by atoms with Crippen molar-refractivity contribution in [1.29, 1.82) is 0 Å². The minimum atomic E-state index is -0.433. The summed E-state index contributed by atoms with van der Waals surface area (Å²) >= 11 is 0. The van der Waals surface area contributed by atoms with Gasteiger partial charge in [0, 0.05) is 12.0 Å². The van der Waals surface area contributed by atoms with Crippen molar-refractivity contribution in [3.8, 4) is 17.2 Å². The Morgan fingerprint density at radius 3 is 2.47 bits per heavy atom. The molecule has 0 unspecified atom stereocenters. The van der Waals surface area contributed by atoms with Crippen LogP contribution in [0.15, 0.2) is 42.5 Å². The van der Waals surface area contributed by atoms with E-state index in [1.807, 2.05) is 31.2 Å². The molecule has 7 nitrogen and oxygen atoms in total. The van der Waals surface area contributed by atoms with Gasteiger partial charge in [0.2, 0.25) is 5.91 Å². The summed E-state index contributed by atoms with van der Waals surface area (Å²) in [6, 6.07) is 12.6. The third-order valence-electron chi connectivity index (χ3n) is 4.30. The first kappa shape index (κ1) is 23.1. The van der Waals surface area contributed by atoms with Crippen molar-refractivity contribution >= 4 is 11.8 Å². The number of rotatable bonds is 11. The fourth-order valence-corrected chi connectivity index (χ4v) is 2.64. The fraction of sp³-hybridized carbons (Fsp3) is 0.391. The number of unbranched alkanes of at least 4 members (excludes halogenated alkanes) is 1. The minimum Gasteiger partial charge on any atom is -0.494 e. The number of hydrogen-bond acceptors (Lipinski definition) is 5. The summed E-state index contributed by atoms with van der Waals surface area (Å²) in [6.07, 6.45) is 2.74. The molecule has 0 radical (unpaired) electrons. The van der Waals surface area contributed by atoms with Gasteiger partial charge in [-0.3, -0.25) is 20.4 Å². The molecule has 0 heterocycles. The van der Waals surface area contributed by atoms with Crippen LogP contribution in [0, 0.1) is 6.92 Å². The van der Waals surface area contributed by atoms with Crippen molar-refractivity contribution in [3.63, 3.8) is 0 Å². The molecule has 162 valence electrons. The van der Waals surface area contributed by atoms with E-state index in [1.165, 1.54) is 7.11 Å². The highest BCUT2D eigenvalue weighted by atomic mass is 16.5. The zero-order chi connectivity index (χ0) is 21.8. The van der Waals surface area contributed by atoms with E-state index >= 15 is 0 Å². The number of ether oxygens (including phenoxy) is 3. The van der Waals surface area contributed by atoms with E-state index in [1.54, 1.807) is 18.2 Å². The van der Waals surface area contributed by atoms with Crippen LogP contribution in [0.4, 0.5) is 0 Å². The molecule has 2 aromatic carbocycles. The Balaban J connectivity index is 1.74. The maximum atomic E-state index is 12.3. The first-order valence-electron chi connectivity index (χ1n) is 10.1. The highest BCUT2D eigenvalue weighted by molar-refractivity contribution is 5.96. The van der Waals surface area contributed by atoms with E-state index in [4.69, 9.17) is 14.2 Å². The summed E-state index contributed by atoms with van der Waals surface area (Å²) < 4.78 is 16.6. The Labute approximate surface area is 177 Å². The summed E-state index contributed by atoms with van der Waals surface area (Å²) in [7, 11) is 1.52. The maximum absolute atomic E-state index is 12.3. The van der Waals surface area contributed by atoms with E-state index in [0.717, 1.165) is 24.2 Å². The van der Waals surface area contributed by atoms with Crippen molar-refractivity contribution in [2.45, 2.75) is 39.5 Å². The zero-order valence-corrected chi connectivity index (χ0v) is 17.8. The molecule has 2 N–H and O–H groups in total. The van der Waals surface area contributed by atoms with Gasteiger partial charge < -0.3 is 14.2 Å². The molecule has 0 aliphatic heterocycles. The molecule has 0 fully saturated rings. The first-order chi connectivity index (χ1) is 14.5. The van der Waals surface area contributed by atoms with E-state index in [0.29, 0.717) is 36.7 Å². The largest absolute Gasteiger partial charge is 0.494 e. The number of carbonyl (C=O) groups is 2. The Kier molecular flexibility index (Phi) is 9.51. The lowest BCUT2D eigenvalue weighted by Gasteiger charge is -2.12. The van der Waals surface area contributed by atoms with Crippen molar-refractivity contribution in [2.75, 3.05) is 20.3 Å². The van der Waals surface area contributed by atoms with Crippen LogP contribution in [0.25, 0.3) is 0 Å². The smallest absolute Gasteiger partial charge is 0.269 e. The summed E-state index contributed by atoms with van der Waals surface area (Å²) in [4.78, 5) is 24.2. The highest BCUT2D eigenvalue weighted by Crippen LogP contribution is 2.28. The second-order valence-corrected chi connectivity index (χ2v) is 6.84. The van der Waals surface area contributed by atoms with Gasteiger partial charge in [0.1, 0.15) is 5.75 Å². The van der Waals surface area contributed by atoms with Crippen LogP contribution in [-0.4, -0.2) is 32.1 Å². The van der Waals surface area contributed by atoms with Gasteiger partial charge in [-0.2, -0.15) is 0 Å². The summed E-state index contributed by atoms with van der Waals surface area (Å²) in [5, 5.41) is 0. The van der Waals surface area contributed by atoms with Gasteiger partial charge in [-0.1, -0.05) is 25.5 Å². The number of benzene rings is 2. The van der Waals surface area contributed by atoms with Crippen LogP contribution in [-0.2, 0) is 4.79 Å². The van der Waals surface area contributed by atoms with Gasteiger partial charge in [0.15, 0.2) is 11.5 Å². The SMILES string of the molecule is CCCCOc1ccc(C(=O)NNC(=O)CCCOc2cccc(C)c2)cc1OC. The third-order valence-corrected chi connectivity index (χ3v) is 4.30. The molecule has 0 saturated carbocycles. The van der Waals surface area contributed by atoms with Gasteiger partial charge in [-0.15, -0.1) is 0 Å². The Hall–Kier alpha value is -3.22. The van der Waals surface area contributed by atoms with Gasteiger partial charge in [0.25, 0.3) is 5.91 Å². The summed E-state index contributed by atoms with van der Waals surface area (Å²) in [5.41, 5.74) is 6.30. The molecule has 0 bridgehead atoms. The minimum absolute atomic E-state index is 0.236. The van der Waals surface area contributed by atoms with E-state index in [-0.39, 0.29) is 12.3 Å². The van der Waals surface area contributed by atoms with E-state index in [9.17, 15) is 9.59 Å². The van der Waals surface area contributed by atoms with Crippen LogP contribution < -0.4 is 25.1 Å². The van der Waals surface area contributed by atoms with Crippen LogP contribution >= 0.6 is 0 Å². The van der Waals surface area contributed by atoms with Crippen molar-refractivity contribution in [2.24, 2.45) is 0 Å². The van der Waals surface area contributed by atoms with E-state index in [2.05, 4.69) is 17.8 Å². The summed E-state index contributed by atoms with van der Waals surface area (Å²) in [6.45, 7) is 5.08. The standard InChI is InChI=1S/C23H30N2O5/c1-4-5-13-30-20-12-11-18(16-21(20)28-3)23(27)25-24-22(26)10-7-14-29-19-9-6-8-17(2)15-19/h6,8-9,11-12,15-16H,4-5,7,10,13-14H2,1-3H3,(H,24,26)(H,25,27). The molecule has 0 saturated heterocycles. The number of methoxy groups -OCH3 is 1. The molecular formula is C23H30N2O5. The van der Waals surface area contributed by atoms with Crippen molar-refractivity contribution in [1.82, 2.24) is 10.9 Å². The van der Waals surface area contributed by atoms with Gasteiger partial charge >= 0.3 is 0 Å². The number of nitrogens with one attached hydrogen (secondary N) is 2. The average molecular weight is 415 g/mol. The fourth-order valence-electron chi connectivity index (χ4n) is 2.64. The Morgan fingerprint density at radius 2 is 1.73 bits per heavy atom. The number of amides is 2. The Bertz CT molecular complexity index is 838. The molecule has 30 heavy (non-hydrogen) atoms. The quantitative estimate of drug-likeness (QED) is 0.431. The molecule has 2 rings (SSSR count). The lowest BCUT2D eigenvalue weighted by molar-refractivity contribution is -0.122. The Morgan fingerprint density at radius 1 is 0.933 bits per heavy atom. The van der Waals surface area contributed by atoms with Gasteiger partial charge in [0.05, 0.1) is 20.3 Å². The highest BCUT2D eigenvalue weighted by Gasteiger charge is 2.12. The molecule has 2 aromatic rings. The molecule has 7 heteroatoms. The number of hydrogen-bond donors (Lipinski definition) is 2.